The van der Waals surface area contributed by atoms with Gasteiger partial charge in [0.25, 0.3) is 15.9 Å². The van der Waals surface area contributed by atoms with Crippen molar-refractivity contribution in [2.75, 3.05) is 10.1 Å². The van der Waals surface area contributed by atoms with Crippen LogP contribution in [0.25, 0.3) is 0 Å². The third-order valence-electron chi connectivity index (χ3n) is 3.98. The number of hydrogen-bond donors (Lipinski definition) is 3. The Hall–Kier alpha value is -3.46. The van der Waals surface area contributed by atoms with Crippen LogP contribution in [0.1, 0.15) is 27.3 Å². The van der Waals surface area contributed by atoms with Gasteiger partial charge in [0, 0.05) is 22.6 Å². The van der Waals surface area contributed by atoms with Gasteiger partial charge in [-0.15, -0.1) is 0 Å². The number of anilines is 2. The molecule has 3 N–H and O–H groups in total. The van der Waals surface area contributed by atoms with Crippen LogP contribution in [0.4, 0.5) is 11.6 Å². The number of hydrazine groups is 1. The van der Waals surface area contributed by atoms with E-state index in [4.69, 9.17) is 0 Å². The summed E-state index contributed by atoms with van der Waals surface area (Å²) in [6.45, 7) is 5.55. The minimum absolute atomic E-state index is 0.0200. The van der Waals surface area contributed by atoms with E-state index in [1.807, 2.05) is 39.0 Å². The van der Waals surface area contributed by atoms with Crippen LogP contribution in [-0.4, -0.2) is 24.3 Å². The lowest BCUT2D eigenvalue weighted by Gasteiger charge is -2.11. The SMILES string of the molecule is Cc1ccc(NS(=O)(=O)c2cccc(C(=O)NNc3nc(C)cc(C)n3)c2)cc1. The predicted octanol–water partition coefficient (Wildman–Crippen LogP) is 2.96. The van der Waals surface area contributed by atoms with Gasteiger partial charge >= 0.3 is 0 Å². The molecule has 3 aromatic rings. The number of aromatic nitrogens is 2. The van der Waals surface area contributed by atoms with Crippen molar-refractivity contribution in [2.24, 2.45) is 0 Å². The minimum atomic E-state index is -3.84. The molecule has 150 valence electrons. The maximum atomic E-state index is 12.6. The number of carbonyl (C=O) groups is 1. The lowest BCUT2D eigenvalue weighted by molar-refractivity contribution is 0.0962. The van der Waals surface area contributed by atoms with Crippen molar-refractivity contribution in [1.82, 2.24) is 15.4 Å². The van der Waals surface area contributed by atoms with E-state index in [2.05, 4.69) is 25.5 Å². The quantitative estimate of drug-likeness (QED) is 0.538. The van der Waals surface area contributed by atoms with E-state index < -0.39 is 15.9 Å². The molecular weight excluding hydrogens is 390 g/mol. The summed E-state index contributed by atoms with van der Waals surface area (Å²) in [6.07, 6.45) is 0. The fraction of sp³-hybridized carbons (Fsp3) is 0.150. The summed E-state index contributed by atoms with van der Waals surface area (Å²) in [5.74, 6) is -0.263. The van der Waals surface area contributed by atoms with Crippen molar-refractivity contribution < 1.29 is 13.2 Å². The van der Waals surface area contributed by atoms with Crippen LogP contribution in [0.5, 0.6) is 0 Å². The molecule has 0 aliphatic rings. The second-order valence-corrected chi connectivity index (χ2v) is 8.24. The molecule has 0 bridgehead atoms. The number of nitrogens with one attached hydrogen (secondary N) is 3. The van der Waals surface area contributed by atoms with Gasteiger partial charge in [0.15, 0.2) is 0 Å². The smallest absolute Gasteiger partial charge is 0.269 e. The van der Waals surface area contributed by atoms with Crippen LogP contribution in [0, 0.1) is 20.8 Å². The first-order valence-corrected chi connectivity index (χ1v) is 10.3. The van der Waals surface area contributed by atoms with Crippen molar-refractivity contribution in [3.05, 3.63) is 77.1 Å². The Morgan fingerprint density at radius 3 is 2.21 bits per heavy atom. The molecule has 0 spiro atoms. The molecule has 0 atom stereocenters. The standard InChI is InChI=1S/C20H21N5O3S/c1-13-7-9-17(10-8-13)25-29(27,28)18-6-4-5-16(12-18)19(26)23-24-20-21-14(2)11-15(3)22-20/h4-12,25H,1-3H3,(H,23,26)(H,21,22,24). The van der Waals surface area contributed by atoms with E-state index in [0.29, 0.717) is 5.69 Å². The lowest BCUT2D eigenvalue weighted by atomic mass is 10.2. The van der Waals surface area contributed by atoms with Gasteiger partial charge in [-0.25, -0.2) is 18.4 Å². The van der Waals surface area contributed by atoms with E-state index in [9.17, 15) is 13.2 Å². The first-order valence-electron chi connectivity index (χ1n) is 8.81. The van der Waals surface area contributed by atoms with Crippen molar-refractivity contribution in [3.63, 3.8) is 0 Å². The van der Waals surface area contributed by atoms with Crippen LogP contribution in [0.15, 0.2) is 59.5 Å². The molecule has 2 aromatic carbocycles. The second-order valence-electron chi connectivity index (χ2n) is 6.55. The average Bonchev–Trinajstić information content (AvgIpc) is 2.67. The first kappa shape index (κ1) is 20.3. The molecule has 1 heterocycles. The Bertz CT molecular complexity index is 1120. The summed E-state index contributed by atoms with van der Waals surface area (Å²) >= 11 is 0. The van der Waals surface area contributed by atoms with Crippen LogP contribution in [-0.2, 0) is 10.0 Å². The predicted molar refractivity (Wildman–Crippen MR) is 111 cm³/mol. The van der Waals surface area contributed by atoms with Gasteiger partial charge in [0.1, 0.15) is 0 Å². The maximum Gasteiger partial charge on any atom is 0.269 e. The fourth-order valence-electron chi connectivity index (χ4n) is 2.61. The van der Waals surface area contributed by atoms with Crippen LogP contribution >= 0.6 is 0 Å². The summed E-state index contributed by atoms with van der Waals surface area (Å²) in [5, 5.41) is 0. The van der Waals surface area contributed by atoms with Crippen LogP contribution < -0.4 is 15.6 Å². The molecule has 0 saturated carbocycles. The Morgan fingerprint density at radius 2 is 1.55 bits per heavy atom. The lowest BCUT2D eigenvalue weighted by Crippen LogP contribution is -2.30. The molecular formula is C20H21N5O3S. The summed E-state index contributed by atoms with van der Waals surface area (Å²) in [4.78, 5) is 20.7. The Morgan fingerprint density at radius 1 is 0.897 bits per heavy atom. The van der Waals surface area contributed by atoms with Crippen molar-refractivity contribution in [1.29, 1.82) is 0 Å². The molecule has 0 aliphatic heterocycles. The molecule has 8 nitrogen and oxygen atoms in total. The van der Waals surface area contributed by atoms with Crippen molar-refractivity contribution >= 4 is 27.6 Å². The topological polar surface area (TPSA) is 113 Å². The molecule has 0 saturated heterocycles. The molecule has 0 unspecified atom stereocenters. The molecule has 0 aliphatic carbocycles. The normalized spacial score (nSPS) is 11.0. The summed E-state index contributed by atoms with van der Waals surface area (Å²) < 4.78 is 27.8. The Kier molecular flexibility index (Phi) is 5.79. The molecule has 0 fully saturated rings. The van der Waals surface area contributed by atoms with E-state index in [1.54, 1.807) is 12.1 Å². The second kappa shape index (κ2) is 8.27. The number of hydrogen-bond acceptors (Lipinski definition) is 6. The summed E-state index contributed by atoms with van der Waals surface area (Å²) in [5.41, 5.74) is 8.26. The van der Waals surface area contributed by atoms with E-state index in [1.165, 1.54) is 24.3 Å². The van der Waals surface area contributed by atoms with Crippen molar-refractivity contribution in [2.45, 2.75) is 25.7 Å². The molecule has 1 amide bonds. The third kappa shape index (κ3) is 5.29. The number of benzene rings is 2. The Balaban J connectivity index is 1.73. The Labute approximate surface area is 169 Å². The molecule has 9 heteroatoms. The van der Waals surface area contributed by atoms with Gasteiger partial charge < -0.3 is 0 Å². The monoisotopic (exact) mass is 411 g/mol. The minimum Gasteiger partial charge on any atom is -0.280 e. The fourth-order valence-corrected chi connectivity index (χ4v) is 3.71. The number of sulfonamides is 1. The highest BCUT2D eigenvalue weighted by Gasteiger charge is 2.16. The zero-order chi connectivity index (χ0) is 21.0. The highest BCUT2D eigenvalue weighted by molar-refractivity contribution is 7.92. The van der Waals surface area contributed by atoms with Crippen molar-refractivity contribution in [3.8, 4) is 0 Å². The van der Waals surface area contributed by atoms with Gasteiger partial charge in [-0.2, -0.15) is 0 Å². The van der Waals surface area contributed by atoms with Gasteiger partial charge in [-0.05, 0) is 57.2 Å². The molecule has 1 aromatic heterocycles. The maximum absolute atomic E-state index is 12.6. The van der Waals surface area contributed by atoms with Gasteiger partial charge in [0.2, 0.25) is 5.95 Å². The largest absolute Gasteiger partial charge is 0.280 e. The van der Waals surface area contributed by atoms with E-state index in [0.717, 1.165) is 17.0 Å². The molecule has 0 radical (unpaired) electrons. The molecule has 3 rings (SSSR count). The van der Waals surface area contributed by atoms with Crippen LogP contribution in [0.2, 0.25) is 0 Å². The zero-order valence-corrected chi connectivity index (χ0v) is 17.0. The number of amides is 1. The average molecular weight is 411 g/mol. The number of carbonyl (C=O) groups excluding carboxylic acids is 1. The van der Waals surface area contributed by atoms with Crippen LogP contribution in [0.3, 0.4) is 0 Å². The van der Waals surface area contributed by atoms with E-state index in [-0.39, 0.29) is 16.4 Å². The molecule has 29 heavy (non-hydrogen) atoms. The number of aryl methyl sites for hydroxylation is 3. The summed E-state index contributed by atoms with van der Waals surface area (Å²) in [6, 6.07) is 14.5. The summed E-state index contributed by atoms with van der Waals surface area (Å²) in [7, 11) is -3.84. The number of rotatable bonds is 6. The highest BCUT2D eigenvalue weighted by atomic mass is 32.2. The highest BCUT2D eigenvalue weighted by Crippen LogP contribution is 2.17. The van der Waals surface area contributed by atoms with Gasteiger partial charge in [-0.3, -0.25) is 20.4 Å². The van der Waals surface area contributed by atoms with Gasteiger partial charge in [-0.1, -0.05) is 23.8 Å². The number of nitrogens with zero attached hydrogens (tertiary/aromatic N) is 2. The zero-order valence-electron chi connectivity index (χ0n) is 16.2. The van der Waals surface area contributed by atoms with Gasteiger partial charge in [0.05, 0.1) is 4.90 Å². The van der Waals surface area contributed by atoms with E-state index >= 15 is 0 Å². The first-order chi connectivity index (χ1) is 13.7. The third-order valence-corrected chi connectivity index (χ3v) is 5.36.